The van der Waals surface area contributed by atoms with E-state index in [2.05, 4.69) is 0 Å². The first kappa shape index (κ1) is 17.9. The van der Waals surface area contributed by atoms with Gasteiger partial charge in [0.25, 0.3) is 0 Å². The second-order valence-electron chi connectivity index (χ2n) is 5.51. The van der Waals surface area contributed by atoms with Gasteiger partial charge in [-0.2, -0.15) is 0 Å². The number of hydrogen-bond acceptors (Lipinski definition) is 10. The van der Waals surface area contributed by atoms with Gasteiger partial charge < -0.3 is 50.0 Å². The molecule has 0 aromatic heterocycles. The molecule has 2 rings (SSSR count). The zero-order chi connectivity index (χ0) is 16.6. The van der Waals surface area contributed by atoms with Crippen LogP contribution in [-0.4, -0.2) is 104 Å². The van der Waals surface area contributed by atoms with E-state index in [9.17, 15) is 30.6 Å². The Bertz CT molecular complexity index is 366. The van der Waals surface area contributed by atoms with E-state index in [1.165, 1.54) is 6.92 Å². The van der Waals surface area contributed by atoms with Crippen LogP contribution >= 0.6 is 0 Å². The molecular formula is C12H22O10. The van der Waals surface area contributed by atoms with E-state index >= 15 is 0 Å². The molecule has 0 aromatic rings. The van der Waals surface area contributed by atoms with Gasteiger partial charge in [0.1, 0.15) is 42.7 Å². The van der Waals surface area contributed by atoms with E-state index in [4.69, 9.17) is 19.3 Å². The van der Waals surface area contributed by atoms with Crippen LogP contribution in [0, 0.1) is 0 Å². The van der Waals surface area contributed by atoms with Gasteiger partial charge in [0, 0.05) is 0 Å². The summed E-state index contributed by atoms with van der Waals surface area (Å²) < 4.78 is 15.5. The van der Waals surface area contributed by atoms with Crippen molar-refractivity contribution >= 4 is 0 Å². The van der Waals surface area contributed by atoms with E-state index in [1.54, 1.807) is 0 Å². The Kier molecular flexibility index (Phi) is 5.72. The van der Waals surface area contributed by atoms with Crippen molar-refractivity contribution in [2.75, 3.05) is 6.61 Å². The van der Waals surface area contributed by atoms with Crippen LogP contribution in [0.2, 0.25) is 0 Å². The lowest BCUT2D eigenvalue weighted by Crippen LogP contribution is -2.63. The normalized spacial score (nSPS) is 53.5. The lowest BCUT2D eigenvalue weighted by molar-refractivity contribution is -0.373. The van der Waals surface area contributed by atoms with Crippen molar-refractivity contribution in [1.82, 2.24) is 0 Å². The Balaban J connectivity index is 2.05. The van der Waals surface area contributed by atoms with Crippen LogP contribution in [0.1, 0.15) is 6.92 Å². The number of aliphatic hydroxyl groups excluding tert-OH is 7. The predicted molar refractivity (Wildman–Crippen MR) is 67.2 cm³/mol. The third kappa shape index (κ3) is 3.26. The van der Waals surface area contributed by atoms with Gasteiger partial charge in [-0.05, 0) is 6.92 Å². The summed E-state index contributed by atoms with van der Waals surface area (Å²) in [6.07, 6.45) is -14.3. The van der Waals surface area contributed by atoms with E-state index < -0.39 is 68.0 Å². The van der Waals surface area contributed by atoms with Gasteiger partial charge in [0.15, 0.2) is 12.6 Å². The maximum atomic E-state index is 9.83. The summed E-state index contributed by atoms with van der Waals surface area (Å²) in [5, 5.41) is 67.3. The fourth-order valence-electron chi connectivity index (χ4n) is 2.44. The third-order valence-electron chi connectivity index (χ3n) is 3.93. The molecule has 0 spiro atoms. The minimum atomic E-state index is -1.66. The summed E-state index contributed by atoms with van der Waals surface area (Å²) in [6, 6.07) is 0. The molecule has 2 aliphatic rings. The highest BCUT2D eigenvalue weighted by Gasteiger charge is 2.48. The summed E-state index contributed by atoms with van der Waals surface area (Å²) in [7, 11) is 0. The molecule has 22 heavy (non-hydrogen) atoms. The molecule has 0 radical (unpaired) electrons. The highest BCUT2D eigenvalue weighted by molar-refractivity contribution is 4.91. The number of rotatable bonds is 3. The van der Waals surface area contributed by atoms with Gasteiger partial charge in [0.2, 0.25) is 0 Å². The van der Waals surface area contributed by atoms with Crippen LogP contribution in [0.4, 0.5) is 0 Å². The topological polar surface area (TPSA) is 169 Å². The molecule has 2 aliphatic heterocycles. The van der Waals surface area contributed by atoms with Crippen LogP contribution in [0.3, 0.4) is 0 Å². The maximum Gasteiger partial charge on any atom is 0.189 e. The van der Waals surface area contributed by atoms with Gasteiger partial charge >= 0.3 is 0 Å². The lowest BCUT2D eigenvalue weighted by atomic mass is 9.98. The number of aliphatic hydroxyl groups is 7. The van der Waals surface area contributed by atoms with Crippen LogP contribution in [0.15, 0.2) is 0 Å². The van der Waals surface area contributed by atoms with Crippen molar-refractivity contribution in [3.05, 3.63) is 0 Å². The Labute approximate surface area is 126 Å². The molecule has 10 heteroatoms. The number of hydrogen-bond donors (Lipinski definition) is 7. The summed E-state index contributed by atoms with van der Waals surface area (Å²) in [5.41, 5.74) is 0. The SMILES string of the molecule is C[C@@H]1O[C@H](O[C@@H]2O[C@H](CO)[C@@H](O)[C@H](O)[C@H]2O)[C@H](O)[C@H](O)[C@H]1O. The average Bonchev–Trinajstić information content (AvgIpc) is 2.50. The van der Waals surface area contributed by atoms with Crippen molar-refractivity contribution < 1.29 is 50.0 Å². The first-order valence-electron chi connectivity index (χ1n) is 6.93. The van der Waals surface area contributed by atoms with Gasteiger partial charge in [-0.25, -0.2) is 0 Å². The maximum absolute atomic E-state index is 9.83. The summed E-state index contributed by atoms with van der Waals surface area (Å²) in [4.78, 5) is 0. The Morgan fingerprint density at radius 1 is 0.727 bits per heavy atom. The van der Waals surface area contributed by atoms with Crippen molar-refractivity contribution in [3.8, 4) is 0 Å². The summed E-state index contributed by atoms with van der Waals surface area (Å²) in [5.74, 6) is 0. The fourth-order valence-corrected chi connectivity index (χ4v) is 2.44. The average molecular weight is 326 g/mol. The second-order valence-corrected chi connectivity index (χ2v) is 5.51. The highest BCUT2D eigenvalue weighted by atomic mass is 16.8. The van der Waals surface area contributed by atoms with Crippen molar-refractivity contribution in [2.45, 2.75) is 68.3 Å². The quantitative estimate of drug-likeness (QED) is 0.269. The molecule has 0 amide bonds. The first-order valence-corrected chi connectivity index (χ1v) is 6.93. The molecular weight excluding hydrogens is 304 g/mol. The highest BCUT2D eigenvalue weighted by Crippen LogP contribution is 2.27. The minimum absolute atomic E-state index is 0.628. The van der Waals surface area contributed by atoms with Crippen LogP contribution < -0.4 is 0 Å². The fraction of sp³-hybridized carbons (Fsp3) is 1.00. The van der Waals surface area contributed by atoms with Crippen LogP contribution in [0.5, 0.6) is 0 Å². The monoisotopic (exact) mass is 326 g/mol. The van der Waals surface area contributed by atoms with Gasteiger partial charge in [-0.1, -0.05) is 0 Å². The smallest absolute Gasteiger partial charge is 0.189 e. The lowest BCUT2D eigenvalue weighted by Gasteiger charge is -2.44. The zero-order valence-electron chi connectivity index (χ0n) is 11.8. The molecule has 2 heterocycles. The molecule has 2 fully saturated rings. The molecule has 0 bridgehead atoms. The molecule has 0 aromatic carbocycles. The molecule has 7 N–H and O–H groups in total. The molecule has 10 nitrogen and oxygen atoms in total. The molecule has 0 unspecified atom stereocenters. The standard InChI is InChI=1S/C12H22O10/c1-3-5(14)7(16)9(18)11(20-3)22-12-10(19)8(17)6(15)4(2-13)21-12/h3-19H,2H2,1H3/t3-,4+,5-,6+,7+,8-,9+,10+,11+,12-/m0/s1. The predicted octanol–water partition coefficient (Wildman–Crippen LogP) is -4.37. The summed E-state index contributed by atoms with van der Waals surface area (Å²) in [6.45, 7) is 0.819. The summed E-state index contributed by atoms with van der Waals surface area (Å²) >= 11 is 0. The third-order valence-corrected chi connectivity index (χ3v) is 3.93. The van der Waals surface area contributed by atoms with E-state index in [1.807, 2.05) is 0 Å². The molecule has 0 aliphatic carbocycles. The number of ether oxygens (including phenoxy) is 3. The van der Waals surface area contributed by atoms with Crippen molar-refractivity contribution in [3.63, 3.8) is 0 Å². The molecule has 2 saturated heterocycles. The van der Waals surface area contributed by atoms with Crippen molar-refractivity contribution in [1.29, 1.82) is 0 Å². The Morgan fingerprint density at radius 3 is 1.77 bits per heavy atom. The minimum Gasteiger partial charge on any atom is -0.394 e. The first-order chi connectivity index (χ1) is 10.3. The van der Waals surface area contributed by atoms with E-state index in [0.29, 0.717) is 0 Å². The van der Waals surface area contributed by atoms with Gasteiger partial charge in [-0.3, -0.25) is 0 Å². The Morgan fingerprint density at radius 2 is 1.23 bits per heavy atom. The molecule has 0 saturated carbocycles. The van der Waals surface area contributed by atoms with E-state index in [0.717, 1.165) is 0 Å². The van der Waals surface area contributed by atoms with Crippen molar-refractivity contribution in [2.24, 2.45) is 0 Å². The molecule has 10 atom stereocenters. The van der Waals surface area contributed by atoms with Gasteiger partial charge in [0.05, 0.1) is 12.7 Å². The zero-order valence-corrected chi connectivity index (χ0v) is 11.8. The van der Waals surface area contributed by atoms with Crippen LogP contribution in [0.25, 0.3) is 0 Å². The van der Waals surface area contributed by atoms with E-state index in [-0.39, 0.29) is 0 Å². The second kappa shape index (κ2) is 7.01. The molecule has 130 valence electrons. The van der Waals surface area contributed by atoms with Gasteiger partial charge in [-0.15, -0.1) is 0 Å². The Hall–Kier alpha value is -0.400. The van der Waals surface area contributed by atoms with Crippen LogP contribution in [-0.2, 0) is 14.2 Å². The largest absolute Gasteiger partial charge is 0.394 e.